The van der Waals surface area contributed by atoms with Gasteiger partial charge < -0.3 is 10.2 Å². The van der Waals surface area contributed by atoms with E-state index in [0.717, 1.165) is 30.7 Å². The predicted octanol–water partition coefficient (Wildman–Crippen LogP) is 2.18. The van der Waals surface area contributed by atoms with Crippen LogP contribution in [0.4, 0.5) is 5.95 Å². The van der Waals surface area contributed by atoms with Crippen LogP contribution in [-0.2, 0) is 0 Å². The maximum absolute atomic E-state index is 4.49. The number of anilines is 1. The molecule has 0 fully saturated rings. The highest BCUT2D eigenvalue weighted by Crippen LogP contribution is 2.09. The normalized spacial score (nSPS) is 11.7. The molecule has 0 unspecified atom stereocenters. The zero-order valence-electron chi connectivity index (χ0n) is 12.2. The van der Waals surface area contributed by atoms with Crippen LogP contribution in [0.25, 0.3) is 5.65 Å². The Hall–Kier alpha value is -1.62. The molecule has 0 atom stereocenters. The monoisotopic (exact) mass is 261 g/mol. The van der Waals surface area contributed by atoms with Crippen LogP contribution in [-0.4, -0.2) is 45.7 Å². The Kier molecular flexibility index (Phi) is 4.37. The molecule has 104 valence electrons. The van der Waals surface area contributed by atoms with E-state index in [1.807, 2.05) is 29.8 Å². The van der Waals surface area contributed by atoms with Crippen LogP contribution < -0.4 is 5.32 Å². The maximum Gasteiger partial charge on any atom is 0.243 e. The van der Waals surface area contributed by atoms with Gasteiger partial charge in [0, 0.05) is 18.8 Å². The van der Waals surface area contributed by atoms with Crippen LogP contribution in [0, 0.1) is 6.92 Å². The van der Waals surface area contributed by atoms with E-state index in [4.69, 9.17) is 0 Å². The minimum atomic E-state index is 0.593. The quantitative estimate of drug-likeness (QED) is 0.810. The molecule has 5 heteroatoms. The lowest BCUT2D eigenvalue weighted by molar-refractivity contribution is 0.273. The highest BCUT2D eigenvalue weighted by Gasteiger charge is 2.05. The van der Waals surface area contributed by atoms with Gasteiger partial charge in [0.05, 0.1) is 0 Å². The van der Waals surface area contributed by atoms with Gasteiger partial charge in [0.25, 0.3) is 0 Å². The van der Waals surface area contributed by atoms with E-state index in [2.05, 4.69) is 41.2 Å². The minimum absolute atomic E-state index is 0.593. The summed E-state index contributed by atoms with van der Waals surface area (Å²) in [5.41, 5.74) is 2.06. The largest absolute Gasteiger partial charge is 0.353 e. The molecule has 0 bridgehead atoms. The smallest absolute Gasteiger partial charge is 0.243 e. The van der Waals surface area contributed by atoms with Crippen molar-refractivity contribution in [2.75, 3.05) is 25.5 Å². The molecule has 0 radical (unpaired) electrons. The van der Waals surface area contributed by atoms with Crippen LogP contribution in [0.2, 0.25) is 0 Å². The molecule has 0 aromatic carbocycles. The fourth-order valence-corrected chi connectivity index (χ4v) is 1.90. The van der Waals surface area contributed by atoms with Gasteiger partial charge in [-0.1, -0.05) is 6.07 Å². The summed E-state index contributed by atoms with van der Waals surface area (Å²) in [5.74, 6) is 0.710. The lowest BCUT2D eigenvalue weighted by Gasteiger charge is -2.20. The zero-order valence-corrected chi connectivity index (χ0v) is 12.2. The summed E-state index contributed by atoms with van der Waals surface area (Å²) in [6.07, 6.45) is 3.01. The van der Waals surface area contributed by atoms with Crippen LogP contribution in [0.5, 0.6) is 0 Å². The summed E-state index contributed by atoms with van der Waals surface area (Å²) in [5, 5.41) is 7.69. The van der Waals surface area contributed by atoms with Crippen molar-refractivity contribution in [3.8, 4) is 0 Å². The molecule has 0 aliphatic rings. The van der Waals surface area contributed by atoms with E-state index in [9.17, 15) is 0 Å². The predicted molar refractivity (Wildman–Crippen MR) is 78.6 cm³/mol. The molecule has 2 aromatic heterocycles. The second kappa shape index (κ2) is 6.02. The van der Waals surface area contributed by atoms with Gasteiger partial charge in [0.2, 0.25) is 5.95 Å². The van der Waals surface area contributed by atoms with Gasteiger partial charge in [-0.15, -0.1) is 5.10 Å². The molecule has 0 saturated heterocycles. The molecule has 19 heavy (non-hydrogen) atoms. The topological polar surface area (TPSA) is 45.5 Å². The number of aromatic nitrogens is 3. The first-order chi connectivity index (χ1) is 9.08. The summed E-state index contributed by atoms with van der Waals surface area (Å²) in [4.78, 5) is 6.83. The molecule has 0 spiro atoms. The van der Waals surface area contributed by atoms with Crippen LogP contribution in [0.15, 0.2) is 18.3 Å². The highest BCUT2D eigenvalue weighted by molar-refractivity contribution is 5.49. The van der Waals surface area contributed by atoms with E-state index in [1.165, 1.54) is 0 Å². The van der Waals surface area contributed by atoms with E-state index < -0.39 is 0 Å². The first-order valence-electron chi connectivity index (χ1n) is 6.84. The molecule has 2 rings (SSSR count). The highest BCUT2D eigenvalue weighted by atomic mass is 15.3. The van der Waals surface area contributed by atoms with Gasteiger partial charge in [-0.25, -0.2) is 4.52 Å². The van der Waals surface area contributed by atoms with Crippen molar-refractivity contribution in [1.82, 2.24) is 19.5 Å². The van der Waals surface area contributed by atoms with Crippen molar-refractivity contribution in [3.63, 3.8) is 0 Å². The van der Waals surface area contributed by atoms with Crippen molar-refractivity contribution in [1.29, 1.82) is 0 Å². The number of rotatable bonds is 6. The molecule has 2 aromatic rings. The Bertz CT molecular complexity index is 532. The van der Waals surface area contributed by atoms with Gasteiger partial charge in [0.15, 0.2) is 5.65 Å². The number of nitrogens with one attached hydrogen (secondary N) is 1. The fourth-order valence-electron chi connectivity index (χ4n) is 1.90. The number of nitrogens with zero attached hydrogens (tertiary/aromatic N) is 4. The van der Waals surface area contributed by atoms with Gasteiger partial charge in [-0.3, -0.25) is 0 Å². The van der Waals surface area contributed by atoms with E-state index >= 15 is 0 Å². The summed E-state index contributed by atoms with van der Waals surface area (Å²) < 4.78 is 1.82. The molecular weight excluding hydrogens is 238 g/mol. The lowest BCUT2D eigenvalue weighted by Crippen LogP contribution is -2.28. The first kappa shape index (κ1) is 13.8. The molecule has 0 saturated carbocycles. The molecule has 2 heterocycles. The van der Waals surface area contributed by atoms with Gasteiger partial charge >= 0.3 is 0 Å². The Morgan fingerprint density at radius 1 is 1.42 bits per heavy atom. The fraction of sp³-hybridized carbons (Fsp3) is 0.571. The van der Waals surface area contributed by atoms with E-state index in [1.54, 1.807) is 0 Å². The van der Waals surface area contributed by atoms with Crippen LogP contribution in [0.1, 0.15) is 25.8 Å². The van der Waals surface area contributed by atoms with Crippen molar-refractivity contribution >= 4 is 11.6 Å². The number of hydrogen-bond donors (Lipinski definition) is 1. The van der Waals surface area contributed by atoms with E-state index in [-0.39, 0.29) is 0 Å². The van der Waals surface area contributed by atoms with Gasteiger partial charge in [-0.2, -0.15) is 4.98 Å². The molecular formula is C14H23N5. The summed E-state index contributed by atoms with van der Waals surface area (Å²) in [6.45, 7) is 8.44. The maximum atomic E-state index is 4.49. The third-order valence-corrected chi connectivity index (χ3v) is 3.41. The van der Waals surface area contributed by atoms with Gasteiger partial charge in [0.1, 0.15) is 0 Å². The van der Waals surface area contributed by atoms with Crippen LogP contribution >= 0.6 is 0 Å². The SMILES string of the molecule is Cc1cccn2nc(NCCCN(C)C(C)C)nc12. The van der Waals surface area contributed by atoms with Crippen molar-refractivity contribution < 1.29 is 0 Å². The van der Waals surface area contributed by atoms with Gasteiger partial charge in [-0.05, 0) is 52.4 Å². The Morgan fingerprint density at radius 3 is 2.89 bits per heavy atom. The first-order valence-corrected chi connectivity index (χ1v) is 6.84. The molecule has 0 amide bonds. The number of fused-ring (bicyclic) bond motifs is 1. The Balaban J connectivity index is 1.87. The molecule has 5 nitrogen and oxygen atoms in total. The molecule has 0 aliphatic carbocycles. The summed E-state index contributed by atoms with van der Waals surface area (Å²) >= 11 is 0. The molecule has 0 aliphatic heterocycles. The third kappa shape index (κ3) is 3.44. The second-order valence-electron chi connectivity index (χ2n) is 5.25. The number of aryl methyl sites for hydroxylation is 1. The van der Waals surface area contributed by atoms with Crippen molar-refractivity contribution in [2.24, 2.45) is 0 Å². The lowest BCUT2D eigenvalue weighted by atomic mass is 10.3. The number of pyridine rings is 1. The standard InChI is InChI=1S/C14H23N5/c1-11(2)18(4)9-6-8-15-14-16-13-12(3)7-5-10-19(13)17-14/h5,7,10-11H,6,8-9H2,1-4H3,(H,15,17). The second-order valence-corrected chi connectivity index (χ2v) is 5.25. The number of hydrogen-bond acceptors (Lipinski definition) is 4. The summed E-state index contributed by atoms with van der Waals surface area (Å²) in [7, 11) is 2.15. The van der Waals surface area contributed by atoms with Crippen molar-refractivity contribution in [2.45, 2.75) is 33.2 Å². The zero-order chi connectivity index (χ0) is 13.8. The average Bonchev–Trinajstić information content (AvgIpc) is 2.78. The average molecular weight is 261 g/mol. The Labute approximate surface area is 114 Å². The Morgan fingerprint density at radius 2 is 2.21 bits per heavy atom. The minimum Gasteiger partial charge on any atom is -0.353 e. The van der Waals surface area contributed by atoms with E-state index in [0.29, 0.717) is 12.0 Å². The van der Waals surface area contributed by atoms with Crippen LogP contribution in [0.3, 0.4) is 0 Å². The summed E-state index contributed by atoms with van der Waals surface area (Å²) in [6, 6.07) is 4.63. The molecule has 1 N–H and O–H groups in total. The van der Waals surface area contributed by atoms with Crippen molar-refractivity contribution in [3.05, 3.63) is 23.9 Å². The third-order valence-electron chi connectivity index (χ3n) is 3.41.